The molecule has 0 spiro atoms. The third kappa shape index (κ3) is 9.68. The molecule has 0 fully saturated rings. The Labute approximate surface area is 86.8 Å². The molecule has 3 nitrogen and oxygen atoms in total. The minimum atomic E-state index is 0.160. The molecule has 0 aliphatic carbocycles. The van der Waals surface area contributed by atoms with Crippen molar-refractivity contribution in [3.63, 3.8) is 0 Å². The molecule has 84 valence electrons. The van der Waals surface area contributed by atoms with E-state index in [1.54, 1.807) is 6.92 Å². The van der Waals surface area contributed by atoms with Crippen LogP contribution in [0.5, 0.6) is 0 Å². The molecule has 0 N–H and O–H groups in total. The van der Waals surface area contributed by atoms with Crippen molar-refractivity contribution in [2.24, 2.45) is 0 Å². The lowest BCUT2D eigenvalue weighted by Crippen LogP contribution is -2.16. The van der Waals surface area contributed by atoms with E-state index in [1.165, 1.54) is 0 Å². The number of ketones is 1. The normalized spacial score (nSPS) is 12.8. The summed E-state index contributed by atoms with van der Waals surface area (Å²) in [5.41, 5.74) is 0. The molecule has 0 aromatic rings. The number of unbranched alkanes of at least 4 members (excludes halogenated alkanes) is 1. The fourth-order valence-electron chi connectivity index (χ4n) is 1.09. The lowest BCUT2D eigenvalue weighted by molar-refractivity contribution is -0.117. The molecular weight excluding hydrogens is 180 g/mol. The van der Waals surface area contributed by atoms with Crippen molar-refractivity contribution >= 4 is 5.78 Å². The molecule has 0 aliphatic rings. The summed E-state index contributed by atoms with van der Waals surface area (Å²) in [5, 5.41) is 0. The molecule has 0 heterocycles. The first-order chi connectivity index (χ1) is 6.66. The summed E-state index contributed by atoms with van der Waals surface area (Å²) in [6, 6.07) is 0. The second-order valence-corrected chi connectivity index (χ2v) is 3.50. The molecule has 0 saturated carbocycles. The topological polar surface area (TPSA) is 35.5 Å². The Bertz CT molecular complexity index is 145. The summed E-state index contributed by atoms with van der Waals surface area (Å²) in [5.74, 6) is 0.257. The van der Waals surface area contributed by atoms with Crippen molar-refractivity contribution in [3.05, 3.63) is 0 Å². The van der Waals surface area contributed by atoms with Crippen LogP contribution in [0.25, 0.3) is 0 Å². The third-order valence-electron chi connectivity index (χ3n) is 1.88. The number of carbonyl (C=O) groups is 1. The second-order valence-electron chi connectivity index (χ2n) is 3.50. The predicted molar refractivity (Wildman–Crippen MR) is 56.4 cm³/mol. The quantitative estimate of drug-likeness (QED) is 0.538. The van der Waals surface area contributed by atoms with Crippen LogP contribution in [0.2, 0.25) is 0 Å². The Morgan fingerprint density at radius 2 is 2.07 bits per heavy atom. The highest BCUT2D eigenvalue weighted by atomic mass is 16.5. The van der Waals surface area contributed by atoms with Gasteiger partial charge in [0, 0.05) is 19.6 Å². The van der Waals surface area contributed by atoms with Crippen molar-refractivity contribution < 1.29 is 14.3 Å². The smallest absolute Gasteiger partial charge is 0.129 e. The zero-order valence-electron chi connectivity index (χ0n) is 9.54. The van der Waals surface area contributed by atoms with E-state index >= 15 is 0 Å². The van der Waals surface area contributed by atoms with Gasteiger partial charge in [0.2, 0.25) is 0 Å². The summed E-state index contributed by atoms with van der Waals surface area (Å²) < 4.78 is 10.7. The van der Waals surface area contributed by atoms with E-state index in [0.717, 1.165) is 26.1 Å². The maximum absolute atomic E-state index is 10.6. The fraction of sp³-hybridized carbons (Fsp3) is 0.909. The Hall–Kier alpha value is -0.410. The van der Waals surface area contributed by atoms with Crippen molar-refractivity contribution in [1.82, 2.24) is 0 Å². The Morgan fingerprint density at radius 1 is 1.36 bits per heavy atom. The van der Waals surface area contributed by atoms with Crippen LogP contribution in [-0.4, -0.2) is 31.7 Å². The zero-order chi connectivity index (χ0) is 10.8. The number of ether oxygens (including phenoxy) is 2. The third-order valence-corrected chi connectivity index (χ3v) is 1.88. The second kappa shape index (κ2) is 9.16. The molecule has 3 heteroatoms. The summed E-state index contributed by atoms with van der Waals surface area (Å²) in [6.45, 7) is 7.71. The number of hydrogen-bond donors (Lipinski definition) is 0. The van der Waals surface area contributed by atoms with Gasteiger partial charge in [-0.1, -0.05) is 0 Å². The van der Waals surface area contributed by atoms with Crippen LogP contribution in [0.15, 0.2) is 0 Å². The van der Waals surface area contributed by atoms with Crippen LogP contribution in [0.1, 0.15) is 40.0 Å². The van der Waals surface area contributed by atoms with Gasteiger partial charge in [0.05, 0.1) is 12.7 Å². The van der Waals surface area contributed by atoms with Crippen LogP contribution in [0.4, 0.5) is 0 Å². The maximum Gasteiger partial charge on any atom is 0.129 e. The maximum atomic E-state index is 10.6. The SMILES string of the molecule is CCOCC(C)OCCCCC(C)=O. The number of carbonyl (C=O) groups excluding carboxylic acids is 1. The number of hydrogen-bond acceptors (Lipinski definition) is 3. The van der Waals surface area contributed by atoms with Crippen LogP contribution in [-0.2, 0) is 14.3 Å². The standard InChI is InChI=1S/C11H22O3/c1-4-13-9-11(3)14-8-6-5-7-10(2)12/h11H,4-9H2,1-3H3. The van der Waals surface area contributed by atoms with Gasteiger partial charge in [0.1, 0.15) is 5.78 Å². The molecule has 14 heavy (non-hydrogen) atoms. The van der Waals surface area contributed by atoms with Gasteiger partial charge in [-0.25, -0.2) is 0 Å². The zero-order valence-corrected chi connectivity index (χ0v) is 9.54. The molecule has 0 radical (unpaired) electrons. The van der Waals surface area contributed by atoms with Crippen molar-refractivity contribution in [2.75, 3.05) is 19.8 Å². The average molecular weight is 202 g/mol. The van der Waals surface area contributed by atoms with E-state index in [2.05, 4.69) is 0 Å². The van der Waals surface area contributed by atoms with Crippen LogP contribution < -0.4 is 0 Å². The minimum absolute atomic E-state index is 0.160. The van der Waals surface area contributed by atoms with E-state index in [4.69, 9.17) is 9.47 Å². The summed E-state index contributed by atoms with van der Waals surface area (Å²) >= 11 is 0. The molecule has 0 amide bonds. The first-order valence-corrected chi connectivity index (χ1v) is 5.35. The molecular formula is C11H22O3. The highest BCUT2D eigenvalue weighted by molar-refractivity contribution is 5.75. The van der Waals surface area contributed by atoms with Crippen molar-refractivity contribution in [2.45, 2.75) is 46.1 Å². The lowest BCUT2D eigenvalue weighted by Gasteiger charge is -2.12. The van der Waals surface area contributed by atoms with Crippen LogP contribution in [0, 0.1) is 0 Å². The summed E-state index contributed by atoms with van der Waals surface area (Å²) in [6.07, 6.45) is 2.71. The van der Waals surface area contributed by atoms with Crippen molar-refractivity contribution in [3.8, 4) is 0 Å². The summed E-state index contributed by atoms with van der Waals surface area (Å²) in [7, 11) is 0. The Kier molecular flexibility index (Phi) is 8.89. The van der Waals surface area contributed by atoms with E-state index in [0.29, 0.717) is 13.0 Å². The average Bonchev–Trinajstić information content (AvgIpc) is 2.13. The highest BCUT2D eigenvalue weighted by Crippen LogP contribution is 1.99. The van der Waals surface area contributed by atoms with Crippen LogP contribution >= 0.6 is 0 Å². The Morgan fingerprint density at radius 3 is 2.64 bits per heavy atom. The minimum Gasteiger partial charge on any atom is -0.379 e. The van der Waals surface area contributed by atoms with E-state index in [-0.39, 0.29) is 11.9 Å². The number of rotatable bonds is 9. The molecule has 0 saturated heterocycles. The molecule has 1 unspecified atom stereocenters. The van der Waals surface area contributed by atoms with Gasteiger partial charge in [-0.15, -0.1) is 0 Å². The van der Waals surface area contributed by atoms with Gasteiger partial charge in [-0.05, 0) is 33.6 Å². The first kappa shape index (κ1) is 13.6. The van der Waals surface area contributed by atoms with Crippen molar-refractivity contribution in [1.29, 1.82) is 0 Å². The van der Waals surface area contributed by atoms with Gasteiger partial charge < -0.3 is 14.3 Å². The molecule has 0 aromatic heterocycles. The van der Waals surface area contributed by atoms with Gasteiger partial charge in [-0.2, -0.15) is 0 Å². The Balaban J connectivity index is 3.14. The first-order valence-electron chi connectivity index (χ1n) is 5.35. The highest BCUT2D eigenvalue weighted by Gasteiger charge is 2.01. The molecule has 0 bridgehead atoms. The number of Topliss-reactive ketones (excluding diaryl/α,β-unsaturated/α-hetero) is 1. The molecule has 1 atom stereocenters. The van der Waals surface area contributed by atoms with E-state index < -0.39 is 0 Å². The van der Waals surface area contributed by atoms with E-state index in [1.807, 2.05) is 13.8 Å². The largest absolute Gasteiger partial charge is 0.379 e. The molecule has 0 aliphatic heterocycles. The molecule has 0 rings (SSSR count). The molecule has 0 aromatic carbocycles. The lowest BCUT2D eigenvalue weighted by atomic mass is 10.2. The predicted octanol–water partition coefficient (Wildman–Crippen LogP) is 2.19. The summed E-state index contributed by atoms with van der Waals surface area (Å²) in [4.78, 5) is 10.6. The fourth-order valence-corrected chi connectivity index (χ4v) is 1.09. The monoisotopic (exact) mass is 202 g/mol. The van der Waals surface area contributed by atoms with Gasteiger partial charge >= 0.3 is 0 Å². The van der Waals surface area contributed by atoms with Crippen LogP contribution in [0.3, 0.4) is 0 Å². The van der Waals surface area contributed by atoms with E-state index in [9.17, 15) is 4.79 Å². The van der Waals surface area contributed by atoms with Gasteiger partial charge in [0.15, 0.2) is 0 Å². The van der Waals surface area contributed by atoms with Gasteiger partial charge in [0.25, 0.3) is 0 Å². The van der Waals surface area contributed by atoms with Gasteiger partial charge in [-0.3, -0.25) is 0 Å².